The number of likely N-dealkylation sites (tertiary alicyclic amines) is 1. The first-order valence-corrected chi connectivity index (χ1v) is 11.6. The number of nitrogens with one attached hydrogen (secondary N) is 1. The number of rotatable bonds is 11. The first-order valence-electron chi connectivity index (χ1n) is 11.6. The maximum absolute atomic E-state index is 13.4. The van der Waals surface area contributed by atoms with E-state index in [9.17, 15) is 14.4 Å². The monoisotopic (exact) mass is 451 g/mol. The summed E-state index contributed by atoms with van der Waals surface area (Å²) in [5, 5.41) is 12.8. The topological polar surface area (TPSA) is 74.6 Å². The fraction of sp³-hybridized carbons (Fsp3) is 0.462. The van der Waals surface area contributed by atoms with Gasteiger partial charge in [0, 0.05) is 32.2 Å². The Kier molecular flexibility index (Phi) is 7.58. The number of halogens is 1. The summed E-state index contributed by atoms with van der Waals surface area (Å²) < 4.78 is 24.1. The van der Waals surface area contributed by atoms with Crippen molar-refractivity contribution < 1.29 is 18.7 Å². The number of piperidine rings is 1. The van der Waals surface area contributed by atoms with E-state index in [0.29, 0.717) is 30.9 Å². The molecule has 1 N–H and O–H groups in total. The van der Waals surface area contributed by atoms with Crippen molar-refractivity contribution in [2.24, 2.45) is 17.8 Å². The third-order valence-electron chi connectivity index (χ3n) is 6.41. The second kappa shape index (κ2) is 10.8. The van der Waals surface area contributed by atoms with Crippen LogP contribution in [0, 0.1) is 34.9 Å². The van der Waals surface area contributed by atoms with Crippen LogP contribution >= 0.6 is 0 Å². The van der Waals surface area contributed by atoms with Gasteiger partial charge in [-0.05, 0) is 60.6 Å². The average molecular weight is 452 g/mol. The molecular weight excluding hydrogens is 421 g/mol. The van der Waals surface area contributed by atoms with Gasteiger partial charge in [-0.25, -0.2) is 4.39 Å². The van der Waals surface area contributed by atoms with Crippen molar-refractivity contribution in [1.29, 1.82) is 5.26 Å². The Morgan fingerprint density at radius 3 is 2.64 bits per heavy atom. The molecule has 4 rings (SSSR count). The lowest BCUT2D eigenvalue weighted by atomic mass is 10.0. The van der Waals surface area contributed by atoms with Crippen LogP contribution in [-0.4, -0.2) is 49.8 Å². The number of fused-ring (bicyclic) bond motifs is 1. The molecule has 0 aromatic heterocycles. The van der Waals surface area contributed by atoms with Gasteiger partial charge in [0.25, 0.3) is 0 Å². The summed E-state index contributed by atoms with van der Waals surface area (Å²) in [5.74, 6) is 0.671. The molecule has 1 aliphatic heterocycles. The predicted molar refractivity (Wildman–Crippen MR) is 122 cm³/mol. The van der Waals surface area contributed by atoms with E-state index in [2.05, 4.69) is 10.2 Å². The summed E-state index contributed by atoms with van der Waals surface area (Å²) in [6.45, 7) is 6.27. The molecule has 2 unspecified atom stereocenters. The predicted octanol–water partition coefficient (Wildman–Crippen LogP) is 3.17. The zero-order valence-electron chi connectivity index (χ0n) is 18.9. The van der Waals surface area contributed by atoms with Crippen LogP contribution < -0.4 is 10.1 Å². The molecule has 0 radical (unpaired) electrons. The van der Waals surface area contributed by atoms with E-state index in [-0.39, 0.29) is 12.4 Å². The molecule has 33 heavy (non-hydrogen) atoms. The fourth-order valence-corrected chi connectivity index (χ4v) is 4.72. The number of nitriles is 1. The maximum atomic E-state index is 13.4. The first-order chi connectivity index (χ1) is 16.1. The van der Waals surface area contributed by atoms with Gasteiger partial charge < -0.3 is 14.8 Å². The SMILES string of the molecule is CCOC(=O)[C@H](C#N)Cc1ccc(OCCNC2C3CN(Cc4cccc(F)c4)CC32)cc1. The number of carbonyl (C=O) groups is 1. The minimum atomic E-state index is -0.788. The average Bonchev–Trinajstić information content (AvgIpc) is 3.26. The molecule has 0 amide bonds. The minimum absolute atomic E-state index is 0.172. The van der Waals surface area contributed by atoms with Gasteiger partial charge in [0.1, 0.15) is 24.1 Å². The highest BCUT2D eigenvalue weighted by Gasteiger charge is 2.55. The van der Waals surface area contributed by atoms with Crippen molar-refractivity contribution in [2.75, 3.05) is 32.8 Å². The van der Waals surface area contributed by atoms with Crippen molar-refractivity contribution in [1.82, 2.24) is 10.2 Å². The Balaban J connectivity index is 1.12. The normalized spacial score (nSPS) is 22.3. The van der Waals surface area contributed by atoms with Crippen molar-refractivity contribution in [3.8, 4) is 11.8 Å². The van der Waals surface area contributed by atoms with Crippen molar-refractivity contribution in [2.45, 2.75) is 25.9 Å². The summed E-state index contributed by atoms with van der Waals surface area (Å²) in [5.41, 5.74) is 1.93. The summed E-state index contributed by atoms with van der Waals surface area (Å²) in [4.78, 5) is 14.2. The Morgan fingerprint density at radius 1 is 1.21 bits per heavy atom. The first kappa shape index (κ1) is 23.2. The Bertz CT molecular complexity index is 979. The quantitative estimate of drug-likeness (QED) is 0.418. The van der Waals surface area contributed by atoms with Crippen LogP contribution in [0.25, 0.3) is 0 Å². The van der Waals surface area contributed by atoms with Crippen molar-refractivity contribution in [3.05, 3.63) is 65.5 Å². The molecular formula is C26H30FN3O3. The van der Waals surface area contributed by atoms with E-state index >= 15 is 0 Å². The van der Waals surface area contributed by atoms with E-state index in [1.165, 1.54) is 6.07 Å². The second-order valence-electron chi connectivity index (χ2n) is 8.76. The number of hydrogen-bond donors (Lipinski definition) is 1. The molecule has 1 saturated carbocycles. The highest BCUT2D eigenvalue weighted by Crippen LogP contribution is 2.45. The molecule has 0 bridgehead atoms. The second-order valence-corrected chi connectivity index (χ2v) is 8.76. The van der Waals surface area contributed by atoms with E-state index in [1.54, 1.807) is 19.1 Å². The molecule has 6 nitrogen and oxygen atoms in total. The molecule has 3 atom stereocenters. The van der Waals surface area contributed by atoms with Crippen LogP contribution in [0.5, 0.6) is 5.75 Å². The highest BCUT2D eigenvalue weighted by atomic mass is 19.1. The van der Waals surface area contributed by atoms with E-state index in [4.69, 9.17) is 9.47 Å². The van der Waals surface area contributed by atoms with E-state index < -0.39 is 11.9 Å². The van der Waals surface area contributed by atoms with Crippen LogP contribution in [0.15, 0.2) is 48.5 Å². The number of ether oxygens (including phenoxy) is 2. The molecule has 2 aromatic rings. The standard InChI is InChI=1S/C26H30FN3O3/c1-2-32-26(31)20(14-28)12-18-6-8-22(9-7-18)33-11-10-29-25-23-16-30(17-24(23)25)15-19-4-3-5-21(27)13-19/h3-9,13,20,23-25,29H,2,10-12,15-17H2,1H3/t20-,23?,24?,25?/m0/s1. The van der Waals surface area contributed by atoms with Crippen LogP contribution in [0.1, 0.15) is 18.1 Å². The number of nitrogens with zero attached hydrogens (tertiary/aromatic N) is 2. The third-order valence-corrected chi connectivity index (χ3v) is 6.41. The Hall–Kier alpha value is -2.95. The van der Waals surface area contributed by atoms with Gasteiger partial charge in [0.15, 0.2) is 0 Å². The van der Waals surface area contributed by atoms with E-state index in [1.807, 2.05) is 36.4 Å². The minimum Gasteiger partial charge on any atom is -0.492 e. The summed E-state index contributed by atoms with van der Waals surface area (Å²) in [7, 11) is 0. The van der Waals surface area contributed by atoms with Crippen molar-refractivity contribution >= 4 is 5.97 Å². The van der Waals surface area contributed by atoms with Gasteiger partial charge in [0.05, 0.1) is 12.7 Å². The number of benzene rings is 2. The Morgan fingerprint density at radius 2 is 1.97 bits per heavy atom. The number of hydrogen-bond acceptors (Lipinski definition) is 6. The zero-order valence-corrected chi connectivity index (χ0v) is 18.9. The molecule has 1 heterocycles. The van der Waals surface area contributed by atoms with Crippen LogP contribution in [0.4, 0.5) is 4.39 Å². The fourth-order valence-electron chi connectivity index (χ4n) is 4.72. The van der Waals surface area contributed by atoms with Gasteiger partial charge in [-0.3, -0.25) is 9.69 Å². The lowest BCUT2D eigenvalue weighted by molar-refractivity contribution is -0.145. The molecule has 174 valence electrons. The third kappa shape index (κ3) is 6.10. The van der Waals surface area contributed by atoms with Crippen LogP contribution in [0.3, 0.4) is 0 Å². The van der Waals surface area contributed by atoms with Gasteiger partial charge in [-0.2, -0.15) is 5.26 Å². The van der Waals surface area contributed by atoms with Gasteiger partial charge in [-0.15, -0.1) is 0 Å². The van der Waals surface area contributed by atoms with Gasteiger partial charge in [-0.1, -0.05) is 24.3 Å². The lowest BCUT2D eigenvalue weighted by Crippen LogP contribution is -2.33. The molecule has 1 aliphatic carbocycles. The number of carbonyl (C=O) groups excluding carboxylic acids is 1. The largest absolute Gasteiger partial charge is 0.492 e. The van der Waals surface area contributed by atoms with Crippen molar-refractivity contribution in [3.63, 3.8) is 0 Å². The molecule has 2 aliphatic rings. The summed E-state index contributed by atoms with van der Waals surface area (Å²) in [6, 6.07) is 16.9. The summed E-state index contributed by atoms with van der Waals surface area (Å²) in [6.07, 6.45) is 0.331. The maximum Gasteiger partial charge on any atom is 0.323 e. The van der Waals surface area contributed by atoms with Crippen LogP contribution in [-0.2, 0) is 22.5 Å². The zero-order chi connectivity index (χ0) is 23.2. The molecule has 0 spiro atoms. The number of esters is 1. The Labute approximate surface area is 194 Å². The van der Waals surface area contributed by atoms with Crippen LogP contribution in [0.2, 0.25) is 0 Å². The lowest BCUT2D eigenvalue weighted by Gasteiger charge is -2.20. The van der Waals surface area contributed by atoms with Gasteiger partial charge >= 0.3 is 5.97 Å². The molecule has 1 saturated heterocycles. The van der Waals surface area contributed by atoms with E-state index in [0.717, 1.165) is 43.1 Å². The molecule has 7 heteroatoms. The molecule has 2 fully saturated rings. The molecule has 2 aromatic carbocycles. The van der Waals surface area contributed by atoms with Gasteiger partial charge in [0.2, 0.25) is 0 Å². The summed E-state index contributed by atoms with van der Waals surface area (Å²) >= 11 is 0. The highest BCUT2D eigenvalue weighted by molar-refractivity contribution is 5.75. The smallest absolute Gasteiger partial charge is 0.323 e.